The number of hydrogen-bond donors (Lipinski definition) is 2. The number of aryl methyl sites for hydroxylation is 1. The zero-order chi connectivity index (χ0) is 15.9. The summed E-state index contributed by atoms with van der Waals surface area (Å²) in [6, 6.07) is 5.31. The molecular weight excluding hydrogens is 408 g/mol. The first kappa shape index (κ1) is 20.2. The van der Waals surface area contributed by atoms with Gasteiger partial charge in [0.15, 0.2) is 5.96 Å². The van der Waals surface area contributed by atoms with E-state index in [0.29, 0.717) is 12.1 Å². The van der Waals surface area contributed by atoms with Crippen molar-refractivity contribution >= 4 is 29.9 Å². The molecule has 0 aromatic heterocycles. The lowest BCUT2D eigenvalue weighted by atomic mass is 10.1. The number of guanidine groups is 1. The van der Waals surface area contributed by atoms with E-state index >= 15 is 0 Å². The lowest BCUT2D eigenvalue weighted by Gasteiger charge is -2.19. The molecule has 4 nitrogen and oxygen atoms in total. The molecule has 1 aromatic rings. The highest BCUT2D eigenvalue weighted by molar-refractivity contribution is 14.0. The van der Waals surface area contributed by atoms with E-state index in [0.717, 1.165) is 37.5 Å². The summed E-state index contributed by atoms with van der Waals surface area (Å²) in [6.07, 6.45) is 2.41. The van der Waals surface area contributed by atoms with Crippen LogP contribution in [-0.4, -0.2) is 31.8 Å². The second kappa shape index (κ2) is 10.1. The van der Waals surface area contributed by atoms with E-state index < -0.39 is 0 Å². The molecule has 0 bridgehead atoms. The Bertz CT molecular complexity index is 519. The van der Waals surface area contributed by atoms with Crippen LogP contribution in [0.5, 0.6) is 0 Å². The van der Waals surface area contributed by atoms with Gasteiger partial charge in [0.05, 0.1) is 18.7 Å². The third-order valence-electron chi connectivity index (χ3n) is 3.87. The van der Waals surface area contributed by atoms with E-state index in [1.54, 1.807) is 19.1 Å². The zero-order valence-corrected chi connectivity index (χ0v) is 16.4. The number of nitrogens with one attached hydrogen (secondary N) is 2. The van der Waals surface area contributed by atoms with Gasteiger partial charge in [0.25, 0.3) is 0 Å². The van der Waals surface area contributed by atoms with Gasteiger partial charge >= 0.3 is 0 Å². The Kier molecular flexibility index (Phi) is 8.83. The summed E-state index contributed by atoms with van der Waals surface area (Å²) < 4.78 is 19.3. The number of rotatable bonds is 5. The van der Waals surface area contributed by atoms with Gasteiger partial charge in [-0.3, -0.25) is 4.99 Å². The van der Waals surface area contributed by atoms with Gasteiger partial charge in [-0.2, -0.15) is 0 Å². The van der Waals surface area contributed by atoms with Crippen LogP contribution in [0.1, 0.15) is 43.9 Å². The molecule has 0 spiro atoms. The van der Waals surface area contributed by atoms with Crippen molar-refractivity contribution in [3.05, 3.63) is 35.1 Å². The van der Waals surface area contributed by atoms with Gasteiger partial charge < -0.3 is 15.4 Å². The summed E-state index contributed by atoms with van der Waals surface area (Å²) in [5.41, 5.74) is 1.57. The maximum atomic E-state index is 13.7. The fourth-order valence-electron chi connectivity index (χ4n) is 2.47. The van der Waals surface area contributed by atoms with Crippen LogP contribution in [0, 0.1) is 12.7 Å². The molecule has 2 N–H and O–H groups in total. The molecule has 1 aliphatic heterocycles. The summed E-state index contributed by atoms with van der Waals surface area (Å²) in [4.78, 5) is 4.58. The molecule has 1 fully saturated rings. The fourth-order valence-corrected chi connectivity index (χ4v) is 2.47. The monoisotopic (exact) mass is 435 g/mol. The highest BCUT2D eigenvalue weighted by atomic mass is 127. The summed E-state index contributed by atoms with van der Waals surface area (Å²) in [5, 5.41) is 6.54. The van der Waals surface area contributed by atoms with Crippen LogP contribution in [-0.2, 0) is 4.74 Å². The first-order chi connectivity index (χ1) is 10.6. The Balaban J connectivity index is 0.00000264. The largest absolute Gasteiger partial charge is 0.376 e. The van der Waals surface area contributed by atoms with Gasteiger partial charge in [0.2, 0.25) is 0 Å². The minimum atomic E-state index is -0.174. The van der Waals surface area contributed by atoms with Gasteiger partial charge in [-0.25, -0.2) is 4.39 Å². The molecule has 1 saturated heterocycles. The zero-order valence-electron chi connectivity index (χ0n) is 14.1. The van der Waals surface area contributed by atoms with E-state index in [4.69, 9.17) is 4.74 Å². The van der Waals surface area contributed by atoms with E-state index in [9.17, 15) is 4.39 Å². The van der Waals surface area contributed by atoms with Crippen molar-refractivity contribution in [3.63, 3.8) is 0 Å². The third-order valence-corrected chi connectivity index (χ3v) is 3.87. The smallest absolute Gasteiger partial charge is 0.191 e. The first-order valence-corrected chi connectivity index (χ1v) is 8.02. The Hall–Kier alpha value is -0.890. The summed E-state index contributed by atoms with van der Waals surface area (Å²) >= 11 is 0. The molecule has 0 radical (unpaired) electrons. The molecule has 6 heteroatoms. The normalized spacial score (nSPS) is 19.1. The number of hydrogen-bond acceptors (Lipinski definition) is 2. The molecule has 0 saturated carbocycles. The van der Waals surface area contributed by atoms with Gasteiger partial charge in [-0.1, -0.05) is 12.1 Å². The maximum Gasteiger partial charge on any atom is 0.191 e. The predicted octanol–water partition coefficient (Wildman–Crippen LogP) is 3.55. The van der Waals surface area contributed by atoms with Crippen LogP contribution in [0.3, 0.4) is 0 Å². The van der Waals surface area contributed by atoms with E-state index in [-0.39, 0.29) is 41.9 Å². The van der Waals surface area contributed by atoms with Crippen LogP contribution in [0.25, 0.3) is 0 Å². The van der Waals surface area contributed by atoms with Crippen LogP contribution >= 0.6 is 24.0 Å². The molecule has 2 unspecified atom stereocenters. The predicted molar refractivity (Wildman–Crippen MR) is 103 cm³/mol. The standard InChI is InChI=1S/C17H26FN3O.HI/c1-4-19-17(20-11-15-6-5-9-22-15)21-13(3)14-8-7-12(2)16(18)10-14;/h7-8,10,13,15H,4-6,9,11H2,1-3H3,(H2,19,20,21);1H. The number of halogens is 2. The SMILES string of the molecule is CCNC(=NCC1CCCO1)NC(C)c1ccc(C)c(F)c1.I. The third kappa shape index (κ3) is 6.25. The highest BCUT2D eigenvalue weighted by Gasteiger charge is 2.15. The van der Waals surface area contributed by atoms with E-state index in [1.165, 1.54) is 0 Å². The van der Waals surface area contributed by atoms with Crippen LogP contribution in [0.2, 0.25) is 0 Å². The van der Waals surface area contributed by atoms with Crippen molar-refractivity contribution in [1.82, 2.24) is 10.6 Å². The molecule has 2 atom stereocenters. The Morgan fingerprint density at radius 3 is 2.87 bits per heavy atom. The minimum absolute atomic E-state index is 0. The van der Waals surface area contributed by atoms with Gasteiger partial charge in [-0.15, -0.1) is 24.0 Å². The summed E-state index contributed by atoms with van der Waals surface area (Å²) in [5.74, 6) is 0.568. The maximum absolute atomic E-state index is 13.7. The Labute approximate surface area is 155 Å². The van der Waals surface area contributed by atoms with Crippen molar-refractivity contribution in [2.45, 2.75) is 45.8 Å². The van der Waals surface area contributed by atoms with Crippen molar-refractivity contribution in [2.24, 2.45) is 4.99 Å². The second-order valence-electron chi connectivity index (χ2n) is 5.73. The topological polar surface area (TPSA) is 45.7 Å². The van der Waals surface area contributed by atoms with Crippen molar-refractivity contribution in [3.8, 4) is 0 Å². The molecule has 1 aliphatic rings. The average molecular weight is 435 g/mol. The molecule has 1 heterocycles. The van der Waals surface area contributed by atoms with E-state index in [1.807, 2.05) is 19.9 Å². The number of benzene rings is 1. The molecular formula is C17H27FIN3O. The van der Waals surface area contributed by atoms with Crippen molar-refractivity contribution in [1.29, 1.82) is 0 Å². The quantitative estimate of drug-likeness (QED) is 0.423. The van der Waals surface area contributed by atoms with Crippen molar-refractivity contribution in [2.75, 3.05) is 19.7 Å². The molecule has 23 heavy (non-hydrogen) atoms. The highest BCUT2D eigenvalue weighted by Crippen LogP contribution is 2.16. The molecule has 130 valence electrons. The Morgan fingerprint density at radius 1 is 1.48 bits per heavy atom. The Morgan fingerprint density at radius 2 is 2.26 bits per heavy atom. The average Bonchev–Trinajstić information content (AvgIpc) is 3.01. The molecule has 2 rings (SSSR count). The lowest BCUT2D eigenvalue weighted by molar-refractivity contribution is 0.117. The molecule has 0 aliphatic carbocycles. The fraction of sp³-hybridized carbons (Fsp3) is 0.588. The summed E-state index contributed by atoms with van der Waals surface area (Å²) in [7, 11) is 0. The number of aliphatic imine (C=N–C) groups is 1. The number of nitrogens with zero attached hydrogens (tertiary/aromatic N) is 1. The van der Waals surface area contributed by atoms with Gasteiger partial charge in [-0.05, 0) is 50.8 Å². The van der Waals surface area contributed by atoms with Crippen molar-refractivity contribution < 1.29 is 9.13 Å². The van der Waals surface area contributed by atoms with E-state index in [2.05, 4.69) is 15.6 Å². The van der Waals surface area contributed by atoms with Crippen LogP contribution in [0.15, 0.2) is 23.2 Å². The van der Waals surface area contributed by atoms with Gasteiger partial charge in [0.1, 0.15) is 5.82 Å². The number of ether oxygens (including phenoxy) is 1. The molecule has 1 aromatic carbocycles. The lowest BCUT2D eigenvalue weighted by Crippen LogP contribution is -2.39. The van der Waals surface area contributed by atoms with Crippen LogP contribution < -0.4 is 10.6 Å². The summed E-state index contributed by atoms with van der Waals surface area (Å²) in [6.45, 7) is 8.08. The van der Waals surface area contributed by atoms with Crippen LogP contribution in [0.4, 0.5) is 4.39 Å². The molecule has 0 amide bonds. The second-order valence-corrected chi connectivity index (χ2v) is 5.73. The minimum Gasteiger partial charge on any atom is -0.376 e. The first-order valence-electron chi connectivity index (χ1n) is 8.02. The van der Waals surface area contributed by atoms with Gasteiger partial charge in [0, 0.05) is 13.2 Å².